The largest absolute Gasteiger partial charge is 0.485 e. The molecule has 0 saturated heterocycles. The summed E-state index contributed by atoms with van der Waals surface area (Å²) >= 11 is 5.37. The van der Waals surface area contributed by atoms with Crippen LogP contribution in [0.25, 0.3) is 0 Å². The molecule has 2 aromatic rings. The summed E-state index contributed by atoms with van der Waals surface area (Å²) < 4.78 is 7.07. The van der Waals surface area contributed by atoms with Crippen LogP contribution in [-0.2, 0) is 6.61 Å². The number of hydrogen-bond acceptors (Lipinski definition) is 2. The number of hydrogen-bond donors (Lipinski definition) is 0. The van der Waals surface area contributed by atoms with Crippen molar-refractivity contribution in [3.05, 3.63) is 72.4 Å². The van der Waals surface area contributed by atoms with Crippen LogP contribution in [-0.4, -0.2) is 0 Å². The van der Waals surface area contributed by atoms with Crippen molar-refractivity contribution < 1.29 is 4.74 Å². The van der Waals surface area contributed by atoms with E-state index < -0.39 is 0 Å². The molecule has 0 fully saturated rings. The molecule has 18 heavy (non-hydrogen) atoms. The summed E-state index contributed by atoms with van der Waals surface area (Å²) in [7, 11) is 0. The van der Waals surface area contributed by atoms with Gasteiger partial charge in [-0.05, 0) is 46.4 Å². The van der Waals surface area contributed by atoms with Gasteiger partial charge < -0.3 is 4.74 Å². The zero-order chi connectivity index (χ0) is 13.0. The van der Waals surface area contributed by atoms with Gasteiger partial charge in [0.05, 0.1) is 3.57 Å². The highest BCUT2D eigenvalue weighted by atomic mass is 127. The topological polar surface area (TPSA) is 26.3 Å². The zero-order valence-corrected chi connectivity index (χ0v) is 13.1. The van der Waals surface area contributed by atoms with Crippen LogP contribution in [0.5, 0.6) is 5.75 Å². The molecule has 0 aliphatic rings. The van der Waals surface area contributed by atoms with Crippen molar-refractivity contribution >= 4 is 38.5 Å². The number of benzene rings is 1. The molecule has 0 aliphatic heterocycles. The van der Waals surface area contributed by atoms with E-state index in [1.807, 2.05) is 59.0 Å². The maximum atomic E-state index is 12.0. The Hall–Kier alpha value is -0.880. The zero-order valence-electron chi connectivity index (χ0n) is 9.40. The molecular weight excluding hydrogens is 407 g/mol. The van der Waals surface area contributed by atoms with Gasteiger partial charge in [-0.1, -0.05) is 46.3 Å². The van der Waals surface area contributed by atoms with E-state index in [0.717, 1.165) is 10.0 Å². The molecule has 0 aliphatic carbocycles. The first-order valence-electron chi connectivity index (χ1n) is 5.33. The molecule has 2 aromatic carbocycles. The summed E-state index contributed by atoms with van der Waals surface area (Å²) in [6.07, 6.45) is 0. The van der Waals surface area contributed by atoms with Gasteiger partial charge in [-0.3, -0.25) is 4.79 Å². The van der Waals surface area contributed by atoms with Crippen LogP contribution in [0.15, 0.2) is 57.8 Å². The Bertz CT molecular complexity index is 599. The van der Waals surface area contributed by atoms with Gasteiger partial charge in [0.2, 0.25) is 5.43 Å². The van der Waals surface area contributed by atoms with Gasteiger partial charge in [-0.15, -0.1) is 0 Å². The molecule has 0 aromatic heterocycles. The van der Waals surface area contributed by atoms with Gasteiger partial charge in [0.25, 0.3) is 0 Å². The van der Waals surface area contributed by atoms with Gasteiger partial charge in [0.1, 0.15) is 6.61 Å². The van der Waals surface area contributed by atoms with Crippen LogP contribution < -0.4 is 10.2 Å². The fourth-order valence-electron chi connectivity index (χ4n) is 1.43. The van der Waals surface area contributed by atoms with E-state index in [0.29, 0.717) is 15.9 Å². The van der Waals surface area contributed by atoms with Gasteiger partial charge in [-0.2, -0.15) is 0 Å². The Balaban J connectivity index is 2.23. The first kappa shape index (κ1) is 13.5. The minimum Gasteiger partial charge on any atom is -0.485 e. The van der Waals surface area contributed by atoms with Crippen LogP contribution in [0.1, 0.15) is 5.56 Å². The molecule has 2 nitrogen and oxygen atoms in total. The molecular formula is C14H10BrIO2. The van der Waals surface area contributed by atoms with Crippen LogP contribution >= 0.6 is 38.5 Å². The standard InChI is InChI=1S/C14H10BrIO2/c15-11-6-7-13(14(17)12(16)8-11)18-9-10-4-2-1-3-5-10/h1-8H,9H2. The number of ether oxygens (including phenoxy) is 1. The van der Waals surface area contributed by atoms with E-state index >= 15 is 0 Å². The average molecular weight is 417 g/mol. The first-order chi connectivity index (χ1) is 8.66. The van der Waals surface area contributed by atoms with E-state index in [2.05, 4.69) is 15.9 Å². The molecule has 2 rings (SSSR count). The molecule has 92 valence electrons. The minimum absolute atomic E-state index is 0.0859. The average Bonchev–Trinajstić information content (AvgIpc) is 2.50. The molecule has 0 unspecified atom stereocenters. The molecule has 4 heteroatoms. The lowest BCUT2D eigenvalue weighted by Gasteiger charge is -2.03. The quantitative estimate of drug-likeness (QED) is 0.707. The Morgan fingerprint density at radius 1 is 1.11 bits per heavy atom. The lowest BCUT2D eigenvalue weighted by atomic mass is 10.2. The predicted molar refractivity (Wildman–Crippen MR) is 83.9 cm³/mol. The third kappa shape index (κ3) is 3.55. The van der Waals surface area contributed by atoms with Crippen molar-refractivity contribution in [2.45, 2.75) is 6.61 Å². The van der Waals surface area contributed by atoms with Crippen molar-refractivity contribution in [2.24, 2.45) is 0 Å². The SMILES string of the molecule is O=c1c(I)cc(Br)ccc1OCc1ccccc1. The third-order valence-corrected chi connectivity index (χ3v) is 3.63. The second-order valence-electron chi connectivity index (χ2n) is 3.68. The van der Waals surface area contributed by atoms with Crippen LogP contribution in [0.4, 0.5) is 0 Å². The summed E-state index contributed by atoms with van der Waals surface area (Å²) in [4.78, 5) is 12.0. The molecule has 0 bridgehead atoms. The fourth-order valence-corrected chi connectivity index (χ4v) is 2.82. The molecule has 0 radical (unpaired) electrons. The second kappa shape index (κ2) is 6.33. The smallest absolute Gasteiger partial charge is 0.233 e. The molecule has 0 amide bonds. The van der Waals surface area contributed by atoms with Crippen molar-refractivity contribution in [2.75, 3.05) is 0 Å². The highest BCUT2D eigenvalue weighted by molar-refractivity contribution is 14.1. The molecule has 0 heterocycles. The van der Waals surface area contributed by atoms with E-state index in [4.69, 9.17) is 4.74 Å². The highest BCUT2D eigenvalue weighted by Crippen LogP contribution is 2.15. The Kier molecular flexibility index (Phi) is 4.77. The third-order valence-electron chi connectivity index (χ3n) is 2.34. The van der Waals surface area contributed by atoms with Crippen molar-refractivity contribution in [1.29, 1.82) is 0 Å². The maximum Gasteiger partial charge on any atom is 0.233 e. The molecule has 0 N–H and O–H groups in total. The van der Waals surface area contributed by atoms with Crippen molar-refractivity contribution in [3.8, 4) is 5.75 Å². The lowest BCUT2D eigenvalue weighted by Crippen LogP contribution is -2.07. The van der Waals surface area contributed by atoms with E-state index in [1.54, 1.807) is 12.1 Å². The van der Waals surface area contributed by atoms with E-state index in [-0.39, 0.29) is 5.43 Å². The number of halogens is 2. The summed E-state index contributed by atoms with van der Waals surface area (Å²) in [6, 6.07) is 15.1. The first-order valence-corrected chi connectivity index (χ1v) is 7.20. The monoisotopic (exact) mass is 416 g/mol. The Morgan fingerprint density at radius 3 is 2.56 bits per heavy atom. The Morgan fingerprint density at radius 2 is 1.83 bits per heavy atom. The normalized spacial score (nSPS) is 10.1. The second-order valence-corrected chi connectivity index (χ2v) is 5.76. The summed E-state index contributed by atoms with van der Waals surface area (Å²) in [6.45, 7) is 0.397. The predicted octanol–water partition coefficient (Wildman–Crippen LogP) is 3.99. The fraction of sp³-hybridized carbons (Fsp3) is 0.0714. The van der Waals surface area contributed by atoms with Crippen LogP contribution in [0.3, 0.4) is 0 Å². The van der Waals surface area contributed by atoms with Crippen LogP contribution in [0, 0.1) is 3.57 Å². The summed E-state index contributed by atoms with van der Waals surface area (Å²) in [5, 5.41) is 0. The molecule has 0 atom stereocenters. The van der Waals surface area contributed by atoms with Crippen molar-refractivity contribution in [1.82, 2.24) is 0 Å². The lowest BCUT2D eigenvalue weighted by molar-refractivity contribution is 0.303. The van der Waals surface area contributed by atoms with Gasteiger partial charge in [-0.25, -0.2) is 0 Å². The van der Waals surface area contributed by atoms with Gasteiger partial charge in [0.15, 0.2) is 5.75 Å². The minimum atomic E-state index is -0.0859. The van der Waals surface area contributed by atoms with Crippen LogP contribution in [0.2, 0.25) is 0 Å². The van der Waals surface area contributed by atoms with E-state index in [9.17, 15) is 4.79 Å². The summed E-state index contributed by atoms with van der Waals surface area (Å²) in [5.74, 6) is 0.369. The molecule has 0 saturated carbocycles. The number of rotatable bonds is 3. The summed E-state index contributed by atoms with van der Waals surface area (Å²) in [5.41, 5.74) is 0.953. The van der Waals surface area contributed by atoms with Gasteiger partial charge >= 0.3 is 0 Å². The van der Waals surface area contributed by atoms with Crippen molar-refractivity contribution in [3.63, 3.8) is 0 Å². The highest BCUT2D eigenvalue weighted by Gasteiger charge is 2.04. The van der Waals surface area contributed by atoms with E-state index in [1.165, 1.54) is 0 Å². The van der Waals surface area contributed by atoms with Gasteiger partial charge in [0, 0.05) is 4.47 Å². The Labute approximate surface area is 127 Å². The molecule has 0 spiro atoms. The maximum absolute atomic E-state index is 12.0.